The van der Waals surface area contributed by atoms with Crippen LogP contribution >= 0.6 is 23.2 Å². The third-order valence-electron chi connectivity index (χ3n) is 0.773. The highest BCUT2D eigenvalue weighted by molar-refractivity contribution is 6.63. The van der Waals surface area contributed by atoms with Gasteiger partial charge in [0.2, 0.25) is 0 Å². The van der Waals surface area contributed by atoms with Gasteiger partial charge in [0, 0.05) is 0 Å². The highest BCUT2D eigenvalue weighted by Crippen LogP contribution is 2.30. The second-order valence-electron chi connectivity index (χ2n) is 1.32. The lowest BCUT2D eigenvalue weighted by molar-refractivity contribution is -0.115. The third-order valence-corrected chi connectivity index (χ3v) is 1.40. The van der Waals surface area contributed by atoms with Crippen LogP contribution in [0.3, 0.4) is 0 Å². The normalized spacial score (nSPS) is 24.6. The summed E-state index contributed by atoms with van der Waals surface area (Å²) in [6.45, 7) is 0. The van der Waals surface area contributed by atoms with Crippen molar-refractivity contribution in [3.05, 3.63) is 12.2 Å². The van der Waals surface area contributed by atoms with Crippen molar-refractivity contribution >= 4 is 29.0 Å². The number of carbonyl (C=O) groups excluding carboxylic acids is 1. The Balaban J connectivity index is 2.83. The monoisotopic (exact) mass is 136 g/mol. The lowest BCUT2D eigenvalue weighted by Crippen LogP contribution is -2.28. The van der Waals surface area contributed by atoms with Crippen molar-refractivity contribution in [3.8, 4) is 0 Å². The van der Waals surface area contributed by atoms with Crippen molar-refractivity contribution in [1.82, 2.24) is 0 Å². The minimum atomic E-state index is -1.19. The molecule has 38 valence electrons. The molecule has 0 spiro atoms. The zero-order valence-electron chi connectivity index (χ0n) is 3.32. The van der Waals surface area contributed by atoms with Gasteiger partial charge in [0.15, 0.2) is 10.1 Å². The van der Waals surface area contributed by atoms with Crippen molar-refractivity contribution in [2.24, 2.45) is 0 Å². The SMILES string of the molecule is O=C1C=CC1(Cl)Cl. The first-order valence-corrected chi connectivity index (χ1v) is 2.50. The fourth-order valence-corrected chi connectivity index (χ4v) is 0.529. The van der Waals surface area contributed by atoms with Gasteiger partial charge in [-0.25, -0.2) is 0 Å². The Hall–Kier alpha value is -0.0100. The number of rotatable bonds is 0. The fourth-order valence-electron chi connectivity index (χ4n) is 0.277. The van der Waals surface area contributed by atoms with E-state index in [-0.39, 0.29) is 5.78 Å². The number of hydrogen-bond donors (Lipinski definition) is 0. The van der Waals surface area contributed by atoms with Gasteiger partial charge in [-0.15, -0.1) is 0 Å². The molecule has 1 rings (SSSR count). The molecule has 0 fully saturated rings. The molecular formula is C4H2Cl2O. The number of alkyl halides is 2. The molecule has 0 aromatic heterocycles. The first-order chi connectivity index (χ1) is 3.13. The van der Waals surface area contributed by atoms with Gasteiger partial charge in [0.1, 0.15) is 0 Å². The van der Waals surface area contributed by atoms with E-state index in [4.69, 9.17) is 23.2 Å². The lowest BCUT2D eigenvalue weighted by Gasteiger charge is -2.17. The van der Waals surface area contributed by atoms with Crippen molar-refractivity contribution in [2.45, 2.75) is 4.33 Å². The minimum Gasteiger partial charge on any atom is -0.291 e. The Morgan fingerprint density at radius 3 is 2.00 bits per heavy atom. The summed E-state index contributed by atoms with van der Waals surface area (Å²) in [5.41, 5.74) is 0. The average molecular weight is 137 g/mol. The van der Waals surface area contributed by atoms with E-state index in [0.717, 1.165) is 0 Å². The van der Waals surface area contributed by atoms with E-state index in [9.17, 15) is 4.79 Å². The molecule has 1 nitrogen and oxygen atoms in total. The summed E-state index contributed by atoms with van der Waals surface area (Å²) >= 11 is 10.6. The Bertz CT molecular complexity index is 137. The molecule has 1 aliphatic rings. The molecule has 0 atom stereocenters. The molecule has 0 amide bonds. The molecule has 0 radical (unpaired) electrons. The Morgan fingerprint density at radius 1 is 1.57 bits per heavy atom. The highest BCUT2D eigenvalue weighted by atomic mass is 35.5. The lowest BCUT2D eigenvalue weighted by atomic mass is 10.1. The van der Waals surface area contributed by atoms with Crippen LogP contribution in [0.25, 0.3) is 0 Å². The number of halogens is 2. The number of allylic oxidation sites excluding steroid dienone is 2. The maximum atomic E-state index is 10.2. The molecular weight excluding hydrogens is 135 g/mol. The smallest absolute Gasteiger partial charge is 0.198 e. The summed E-state index contributed by atoms with van der Waals surface area (Å²) in [5, 5.41) is 0. The third kappa shape index (κ3) is 0.663. The first kappa shape index (κ1) is 5.13. The summed E-state index contributed by atoms with van der Waals surface area (Å²) in [6.07, 6.45) is 2.79. The summed E-state index contributed by atoms with van der Waals surface area (Å²) in [7, 11) is 0. The molecule has 0 saturated carbocycles. The fraction of sp³-hybridized carbons (Fsp3) is 0.250. The molecule has 3 heteroatoms. The molecule has 0 bridgehead atoms. The predicted octanol–water partition coefficient (Wildman–Crippen LogP) is 1.30. The quantitative estimate of drug-likeness (QED) is 0.460. The standard InChI is InChI=1S/C4H2Cl2O/c5-4(6)2-1-3(4)7/h1-2H. The molecule has 0 heterocycles. The number of hydrogen-bond acceptors (Lipinski definition) is 1. The zero-order valence-corrected chi connectivity index (χ0v) is 4.83. The van der Waals surface area contributed by atoms with Gasteiger partial charge in [-0.3, -0.25) is 4.79 Å². The minimum absolute atomic E-state index is 0.226. The van der Waals surface area contributed by atoms with Crippen molar-refractivity contribution < 1.29 is 4.79 Å². The van der Waals surface area contributed by atoms with E-state index in [1.807, 2.05) is 0 Å². The molecule has 1 aliphatic carbocycles. The van der Waals surface area contributed by atoms with Crippen LogP contribution in [0.15, 0.2) is 12.2 Å². The van der Waals surface area contributed by atoms with E-state index in [1.54, 1.807) is 0 Å². The second kappa shape index (κ2) is 1.23. The number of carbonyl (C=O) groups is 1. The Labute approximate surface area is 50.9 Å². The molecule has 7 heavy (non-hydrogen) atoms. The summed E-state index contributed by atoms with van der Waals surface area (Å²) in [5.74, 6) is -0.226. The topological polar surface area (TPSA) is 17.1 Å². The molecule has 0 aromatic rings. The van der Waals surface area contributed by atoms with Gasteiger partial charge in [0.25, 0.3) is 0 Å². The van der Waals surface area contributed by atoms with Gasteiger partial charge < -0.3 is 0 Å². The zero-order chi connectivity index (χ0) is 5.49. The summed E-state index contributed by atoms with van der Waals surface area (Å²) in [6, 6.07) is 0. The van der Waals surface area contributed by atoms with E-state index in [2.05, 4.69) is 0 Å². The van der Waals surface area contributed by atoms with Crippen LogP contribution in [-0.2, 0) is 4.79 Å². The molecule has 0 unspecified atom stereocenters. The van der Waals surface area contributed by atoms with Crippen LogP contribution in [0.5, 0.6) is 0 Å². The second-order valence-corrected chi connectivity index (χ2v) is 2.71. The van der Waals surface area contributed by atoms with Crippen LogP contribution < -0.4 is 0 Å². The first-order valence-electron chi connectivity index (χ1n) is 1.74. The van der Waals surface area contributed by atoms with Gasteiger partial charge in [0.05, 0.1) is 0 Å². The highest BCUT2D eigenvalue weighted by Gasteiger charge is 2.35. The Morgan fingerprint density at radius 2 is 2.00 bits per heavy atom. The summed E-state index contributed by atoms with van der Waals surface area (Å²) < 4.78 is -1.19. The van der Waals surface area contributed by atoms with Crippen LogP contribution in [0.2, 0.25) is 0 Å². The van der Waals surface area contributed by atoms with Crippen molar-refractivity contribution in [1.29, 1.82) is 0 Å². The average Bonchev–Trinajstić information content (AvgIpc) is 1.63. The molecule has 0 N–H and O–H groups in total. The van der Waals surface area contributed by atoms with Crippen LogP contribution in [-0.4, -0.2) is 10.1 Å². The van der Waals surface area contributed by atoms with Crippen molar-refractivity contribution in [2.75, 3.05) is 0 Å². The number of ketones is 1. The van der Waals surface area contributed by atoms with Gasteiger partial charge >= 0.3 is 0 Å². The largest absolute Gasteiger partial charge is 0.291 e. The maximum absolute atomic E-state index is 10.2. The predicted molar refractivity (Wildman–Crippen MR) is 28.6 cm³/mol. The van der Waals surface area contributed by atoms with Crippen LogP contribution in [0.4, 0.5) is 0 Å². The van der Waals surface area contributed by atoms with Crippen LogP contribution in [0.1, 0.15) is 0 Å². The van der Waals surface area contributed by atoms with Crippen LogP contribution in [0, 0.1) is 0 Å². The molecule has 0 aliphatic heterocycles. The summed E-state index contributed by atoms with van der Waals surface area (Å²) in [4.78, 5) is 10.2. The van der Waals surface area contributed by atoms with E-state index >= 15 is 0 Å². The molecule has 0 aromatic carbocycles. The Kier molecular flexibility index (Phi) is 0.906. The van der Waals surface area contributed by atoms with Gasteiger partial charge in [-0.1, -0.05) is 23.2 Å². The van der Waals surface area contributed by atoms with E-state index in [1.165, 1.54) is 12.2 Å². The maximum Gasteiger partial charge on any atom is 0.198 e. The van der Waals surface area contributed by atoms with Crippen molar-refractivity contribution in [3.63, 3.8) is 0 Å². The van der Waals surface area contributed by atoms with Gasteiger partial charge in [-0.05, 0) is 12.2 Å². The van der Waals surface area contributed by atoms with E-state index < -0.39 is 4.33 Å². The van der Waals surface area contributed by atoms with E-state index in [0.29, 0.717) is 0 Å². The molecule has 0 saturated heterocycles. The van der Waals surface area contributed by atoms with Gasteiger partial charge in [-0.2, -0.15) is 0 Å².